The van der Waals surface area contributed by atoms with E-state index in [2.05, 4.69) is 272 Å². The molecule has 0 fully saturated rings. The third-order valence-corrected chi connectivity index (χ3v) is 11.8. The lowest BCUT2D eigenvalue weighted by molar-refractivity contribution is 0.557. The topological polar surface area (TPSA) is 116 Å². The first kappa shape index (κ1) is 77.0. The summed E-state index contributed by atoms with van der Waals surface area (Å²) < 4.78 is 0. The fraction of sp³-hybridized carbons (Fsp3) is 0.542. The molecule has 0 unspecified atom stereocenters. The third kappa shape index (κ3) is 34.1. The van der Waals surface area contributed by atoms with Crippen molar-refractivity contribution in [2.75, 3.05) is 0 Å². The number of pyridine rings is 3. The molecular formula is C72H115N9. The van der Waals surface area contributed by atoms with Crippen LogP contribution >= 0.6 is 0 Å². The zero-order chi connectivity index (χ0) is 63.4. The highest BCUT2D eigenvalue weighted by atomic mass is 15.1. The Labute approximate surface area is 497 Å². The molecule has 0 aliphatic rings. The van der Waals surface area contributed by atoms with Gasteiger partial charge < -0.3 is 0 Å². The summed E-state index contributed by atoms with van der Waals surface area (Å²) >= 11 is 0. The minimum Gasteiger partial charge on any atom is -0.264 e. The molecular weight excluding hydrogens is 991 g/mol. The Balaban J connectivity index is 0. The average Bonchev–Trinajstić information content (AvgIpc) is 3.35. The molecule has 0 bridgehead atoms. The van der Waals surface area contributed by atoms with Crippen LogP contribution in [0.3, 0.4) is 0 Å². The molecule has 7 aromatic rings. The van der Waals surface area contributed by atoms with E-state index in [1.807, 2.05) is 98.5 Å². The largest absolute Gasteiger partial charge is 0.264 e. The Bertz CT molecular complexity index is 2270. The van der Waals surface area contributed by atoms with E-state index >= 15 is 0 Å². The lowest BCUT2D eigenvalue weighted by atomic mass is 9.86. The minimum absolute atomic E-state index is 0.110. The van der Waals surface area contributed by atoms with E-state index in [0.717, 1.165) is 34.2 Å². The molecule has 1 aromatic carbocycles. The normalized spacial score (nSPS) is 11.2. The molecule has 0 radical (unpaired) electrons. The van der Waals surface area contributed by atoms with Crippen LogP contribution in [0.4, 0.5) is 0 Å². The van der Waals surface area contributed by atoms with Crippen LogP contribution in [0, 0.1) is 48.5 Å². The maximum Gasteiger partial charge on any atom is 0.115 e. The van der Waals surface area contributed by atoms with E-state index in [1.165, 1.54) is 44.5 Å². The Morgan fingerprint density at radius 2 is 0.691 bits per heavy atom. The van der Waals surface area contributed by atoms with Crippen molar-refractivity contribution in [3.05, 3.63) is 195 Å². The van der Waals surface area contributed by atoms with Gasteiger partial charge in [-0.05, 0) is 152 Å². The van der Waals surface area contributed by atoms with Crippen LogP contribution in [0.1, 0.15) is 252 Å². The molecule has 448 valence electrons. The summed E-state index contributed by atoms with van der Waals surface area (Å²) in [5, 5.41) is 15.8. The number of aryl methyl sites for hydroxylation is 7. The molecule has 0 atom stereocenters. The molecule has 6 aromatic heterocycles. The molecule has 7 rings (SSSR count). The van der Waals surface area contributed by atoms with E-state index in [0.29, 0.717) is 0 Å². The second-order valence-corrected chi connectivity index (χ2v) is 27.5. The number of aromatic nitrogens is 9. The van der Waals surface area contributed by atoms with Crippen LogP contribution in [-0.4, -0.2) is 45.3 Å². The van der Waals surface area contributed by atoms with Gasteiger partial charge in [-0.2, -0.15) is 20.4 Å². The lowest BCUT2D eigenvalue weighted by Gasteiger charge is -2.19. The summed E-state index contributed by atoms with van der Waals surface area (Å²) in [5.74, 6) is 0. The van der Waals surface area contributed by atoms with Crippen LogP contribution in [0.15, 0.2) is 116 Å². The van der Waals surface area contributed by atoms with Crippen LogP contribution < -0.4 is 0 Å². The number of nitrogens with zero attached hydrogens (tertiary/aromatic N) is 9. The Hall–Kier alpha value is -6.09. The molecule has 0 aliphatic carbocycles. The number of rotatable bonds is 0. The van der Waals surface area contributed by atoms with Crippen molar-refractivity contribution >= 4 is 0 Å². The first-order valence-corrected chi connectivity index (χ1v) is 29.2. The minimum atomic E-state index is 0.110. The first-order chi connectivity index (χ1) is 37.0. The first-order valence-electron chi connectivity index (χ1n) is 29.2. The van der Waals surface area contributed by atoms with Crippen molar-refractivity contribution in [1.82, 2.24) is 45.3 Å². The molecule has 6 heterocycles. The van der Waals surface area contributed by atoms with Crippen molar-refractivity contribution in [3.8, 4) is 0 Å². The van der Waals surface area contributed by atoms with Crippen molar-refractivity contribution in [2.24, 2.45) is 0 Å². The van der Waals surface area contributed by atoms with Gasteiger partial charge in [-0.1, -0.05) is 209 Å². The van der Waals surface area contributed by atoms with Crippen molar-refractivity contribution in [3.63, 3.8) is 0 Å². The second kappa shape index (κ2) is 35.0. The van der Waals surface area contributed by atoms with Gasteiger partial charge >= 0.3 is 0 Å². The zero-order valence-corrected chi connectivity index (χ0v) is 57.5. The van der Waals surface area contributed by atoms with Gasteiger partial charge in [0.25, 0.3) is 0 Å². The fourth-order valence-corrected chi connectivity index (χ4v) is 6.61. The van der Waals surface area contributed by atoms with E-state index in [-0.39, 0.29) is 37.9 Å². The summed E-state index contributed by atoms with van der Waals surface area (Å²) in [6.45, 7) is 68.1. The number of hydrogen-bond donors (Lipinski definition) is 0. The molecule has 0 saturated heterocycles. The monoisotopic (exact) mass is 1110 g/mol. The van der Waals surface area contributed by atoms with E-state index in [1.54, 1.807) is 12.5 Å². The quantitative estimate of drug-likeness (QED) is 0.146. The highest BCUT2D eigenvalue weighted by Crippen LogP contribution is 2.25. The highest BCUT2D eigenvalue weighted by Gasteiger charge is 2.18. The van der Waals surface area contributed by atoms with Crippen LogP contribution in [0.5, 0.6) is 0 Å². The average molecular weight is 1110 g/mol. The molecule has 81 heavy (non-hydrogen) atoms. The predicted octanol–water partition coefficient (Wildman–Crippen LogP) is 19.7. The van der Waals surface area contributed by atoms with Gasteiger partial charge in [0.2, 0.25) is 0 Å². The molecule has 9 heteroatoms. The van der Waals surface area contributed by atoms with Crippen LogP contribution in [0.2, 0.25) is 0 Å². The smallest absolute Gasteiger partial charge is 0.115 e. The Kier molecular flexibility index (Phi) is 33.3. The maximum absolute atomic E-state index is 4.31. The standard InChI is InChI=1S/C11H16.3C10H15N.3C9H14N2.2C2H6/c1-9-6-5-7-10(8-9)11(2,3)4;1-8-5-9(7-11-6-8)10(2,3)4;1-8-7-9(5-6-11-8)10(2,3)4;1-8-5-6-11-9(7-8)10(2,3)4;1-7-5-8(9(2,3)4)11-6-10-7;1-7-5-8(6-10-11-7)9(2,3)4;1-7-5-8(9(2,3)4)11-10-6-7;2*1-2/h5-8H,1-4H3;3*5-7H,1-4H3;3*5-6H,1-4H3;2*1-2H3. The van der Waals surface area contributed by atoms with Crippen molar-refractivity contribution in [2.45, 2.75) is 259 Å². The second-order valence-electron chi connectivity index (χ2n) is 27.5. The third-order valence-electron chi connectivity index (χ3n) is 11.8. The lowest BCUT2D eigenvalue weighted by Crippen LogP contribution is -2.14. The molecule has 0 N–H and O–H groups in total. The van der Waals surface area contributed by atoms with E-state index < -0.39 is 0 Å². The van der Waals surface area contributed by atoms with Gasteiger partial charge in [0.1, 0.15) is 6.33 Å². The molecule has 0 aliphatic heterocycles. The van der Waals surface area contributed by atoms with Crippen LogP contribution in [-0.2, 0) is 37.9 Å². The van der Waals surface area contributed by atoms with Crippen molar-refractivity contribution < 1.29 is 0 Å². The van der Waals surface area contributed by atoms with E-state index in [4.69, 9.17) is 0 Å². The van der Waals surface area contributed by atoms with E-state index in [9.17, 15) is 0 Å². The number of hydrogen-bond acceptors (Lipinski definition) is 9. The van der Waals surface area contributed by atoms with Gasteiger partial charge in [0.05, 0.1) is 23.8 Å². The SMILES string of the molecule is CC.CC.Cc1cc(C(C)(C)C)ccn1.Cc1cc(C(C)(C)C)cnn1.Cc1cc(C(C)(C)C)ncn1.Cc1cccc(C(C)(C)C)c1.Cc1ccnc(C(C)(C)C)c1.Cc1cncc(C(C)(C)C)c1.Cc1cnnc(C(C)(C)C)c1. The fourth-order valence-electron chi connectivity index (χ4n) is 6.61. The summed E-state index contributed by atoms with van der Waals surface area (Å²) in [5.41, 5.74) is 18.1. The van der Waals surface area contributed by atoms with Crippen LogP contribution in [0.25, 0.3) is 0 Å². The van der Waals surface area contributed by atoms with Gasteiger partial charge in [-0.3, -0.25) is 15.0 Å². The maximum atomic E-state index is 4.31. The predicted molar refractivity (Wildman–Crippen MR) is 352 cm³/mol. The highest BCUT2D eigenvalue weighted by molar-refractivity contribution is 5.28. The van der Waals surface area contributed by atoms with Crippen molar-refractivity contribution in [1.29, 1.82) is 0 Å². The summed E-state index contributed by atoms with van der Waals surface area (Å²) in [6.07, 6.45) is 12.8. The summed E-state index contributed by atoms with van der Waals surface area (Å²) in [7, 11) is 0. The van der Waals surface area contributed by atoms with Gasteiger partial charge in [-0.15, -0.1) is 0 Å². The molecule has 0 amide bonds. The summed E-state index contributed by atoms with van der Waals surface area (Å²) in [4.78, 5) is 20.9. The van der Waals surface area contributed by atoms with Gasteiger partial charge in [0, 0.05) is 63.8 Å². The number of benzene rings is 1. The Morgan fingerprint density at radius 3 is 1.04 bits per heavy atom. The zero-order valence-electron chi connectivity index (χ0n) is 57.5. The molecule has 0 spiro atoms. The van der Waals surface area contributed by atoms with Gasteiger partial charge in [0.15, 0.2) is 0 Å². The summed E-state index contributed by atoms with van der Waals surface area (Å²) in [6, 6.07) is 25.4. The Morgan fingerprint density at radius 1 is 0.284 bits per heavy atom. The van der Waals surface area contributed by atoms with Gasteiger partial charge in [-0.25, -0.2) is 9.97 Å². The molecule has 0 saturated carbocycles. The molecule has 9 nitrogen and oxygen atoms in total.